The predicted molar refractivity (Wildman–Crippen MR) is 59.0 cm³/mol. The van der Waals surface area contributed by atoms with E-state index in [0.717, 1.165) is 25.7 Å². The van der Waals surface area contributed by atoms with Gasteiger partial charge in [-0.15, -0.1) is 0 Å². The quantitative estimate of drug-likeness (QED) is 0.511. The van der Waals surface area contributed by atoms with Gasteiger partial charge < -0.3 is 9.84 Å². The number of rotatable bonds is 8. The van der Waals surface area contributed by atoms with Gasteiger partial charge in [-0.05, 0) is 18.8 Å². The van der Waals surface area contributed by atoms with E-state index in [1.165, 1.54) is 0 Å². The molecule has 0 aromatic heterocycles. The predicted octanol–water partition coefficient (Wildman–Crippen LogP) is 2.22. The number of ether oxygens (including phenoxy) is 1. The summed E-state index contributed by atoms with van der Waals surface area (Å²) in [5.41, 5.74) is 0. The molecule has 1 aliphatic carbocycles. The van der Waals surface area contributed by atoms with E-state index in [4.69, 9.17) is 9.84 Å². The van der Waals surface area contributed by atoms with Gasteiger partial charge in [0.25, 0.3) is 0 Å². The highest BCUT2D eigenvalue weighted by atomic mass is 16.5. The zero-order valence-corrected chi connectivity index (χ0v) is 9.78. The number of unbranched alkanes of at least 4 members (excludes halogenated alkanes) is 1. The Morgan fingerprint density at radius 2 is 2.12 bits per heavy atom. The van der Waals surface area contributed by atoms with Crippen LogP contribution < -0.4 is 0 Å². The zero-order chi connectivity index (χ0) is 12.0. The molecule has 0 heterocycles. The maximum atomic E-state index is 11.3. The molecule has 1 aliphatic rings. The fraction of sp³-hybridized carbons (Fsp3) is 0.833. The third kappa shape index (κ3) is 5.14. The van der Waals surface area contributed by atoms with Gasteiger partial charge in [-0.3, -0.25) is 9.59 Å². The van der Waals surface area contributed by atoms with Crippen molar-refractivity contribution < 1.29 is 19.4 Å². The molecule has 1 fully saturated rings. The molecule has 1 atom stereocenters. The van der Waals surface area contributed by atoms with E-state index in [1.807, 2.05) is 6.92 Å². The molecule has 1 saturated carbocycles. The molecule has 16 heavy (non-hydrogen) atoms. The molecular weight excluding hydrogens is 208 g/mol. The van der Waals surface area contributed by atoms with E-state index in [-0.39, 0.29) is 12.4 Å². The van der Waals surface area contributed by atoms with Gasteiger partial charge in [0.1, 0.15) is 0 Å². The number of carbonyl (C=O) groups excluding carboxylic acids is 1. The number of hydrogen-bond donors (Lipinski definition) is 1. The summed E-state index contributed by atoms with van der Waals surface area (Å²) >= 11 is 0. The number of carboxylic acids is 1. The van der Waals surface area contributed by atoms with Crippen LogP contribution in [-0.2, 0) is 14.3 Å². The Morgan fingerprint density at radius 1 is 1.44 bits per heavy atom. The molecule has 0 amide bonds. The summed E-state index contributed by atoms with van der Waals surface area (Å²) < 4.78 is 4.96. The molecule has 0 bridgehead atoms. The largest absolute Gasteiger partial charge is 0.481 e. The van der Waals surface area contributed by atoms with Crippen LogP contribution >= 0.6 is 0 Å². The van der Waals surface area contributed by atoms with Crippen LogP contribution in [-0.4, -0.2) is 23.7 Å². The highest BCUT2D eigenvalue weighted by Gasteiger charge is 2.30. The van der Waals surface area contributed by atoms with Crippen LogP contribution in [0.4, 0.5) is 0 Å². The van der Waals surface area contributed by atoms with Crippen molar-refractivity contribution in [1.29, 1.82) is 0 Å². The Kier molecular flexibility index (Phi) is 5.29. The monoisotopic (exact) mass is 228 g/mol. The lowest BCUT2D eigenvalue weighted by Gasteiger charge is -2.11. The molecule has 92 valence electrons. The molecule has 1 unspecified atom stereocenters. The number of esters is 1. The number of carbonyl (C=O) groups is 2. The van der Waals surface area contributed by atoms with Crippen molar-refractivity contribution in [3.05, 3.63) is 0 Å². The summed E-state index contributed by atoms with van der Waals surface area (Å²) in [6.45, 7) is 2.42. The minimum atomic E-state index is -0.876. The summed E-state index contributed by atoms with van der Waals surface area (Å²) in [5, 5.41) is 8.96. The average molecular weight is 228 g/mol. The first-order chi connectivity index (χ1) is 7.63. The molecular formula is C12H20O4. The van der Waals surface area contributed by atoms with E-state index in [1.54, 1.807) is 0 Å². The van der Waals surface area contributed by atoms with E-state index in [2.05, 4.69) is 0 Å². The van der Waals surface area contributed by atoms with Gasteiger partial charge in [-0.2, -0.15) is 0 Å². The van der Waals surface area contributed by atoms with Crippen molar-refractivity contribution in [3.63, 3.8) is 0 Å². The van der Waals surface area contributed by atoms with E-state index in [9.17, 15) is 9.59 Å². The normalized spacial score (nSPS) is 16.8. The highest BCUT2D eigenvalue weighted by molar-refractivity contribution is 5.78. The zero-order valence-electron chi connectivity index (χ0n) is 9.78. The average Bonchev–Trinajstić information content (AvgIpc) is 3.01. The topological polar surface area (TPSA) is 63.6 Å². The molecule has 0 aliphatic heterocycles. The molecule has 0 radical (unpaired) electrons. The number of aliphatic carboxylic acids is 1. The summed E-state index contributed by atoms with van der Waals surface area (Å²) in [4.78, 5) is 22.3. The van der Waals surface area contributed by atoms with Crippen molar-refractivity contribution in [2.45, 2.75) is 45.4 Å². The number of carboxylic acid groups (broad SMARTS) is 1. The summed E-state index contributed by atoms with van der Waals surface area (Å²) in [5.74, 6) is -1.29. The third-order valence-corrected chi connectivity index (χ3v) is 2.84. The molecule has 1 rings (SSSR count). The molecule has 4 nitrogen and oxygen atoms in total. The van der Waals surface area contributed by atoms with Crippen molar-refractivity contribution in [2.24, 2.45) is 11.8 Å². The van der Waals surface area contributed by atoms with Crippen LogP contribution in [0, 0.1) is 11.8 Å². The van der Waals surface area contributed by atoms with Gasteiger partial charge in [-0.1, -0.05) is 26.2 Å². The van der Waals surface area contributed by atoms with Crippen LogP contribution in [0.15, 0.2) is 0 Å². The van der Waals surface area contributed by atoms with Gasteiger partial charge in [0.2, 0.25) is 0 Å². The Labute approximate surface area is 96.0 Å². The van der Waals surface area contributed by atoms with Gasteiger partial charge in [-0.25, -0.2) is 0 Å². The van der Waals surface area contributed by atoms with Crippen LogP contribution in [0.3, 0.4) is 0 Å². The van der Waals surface area contributed by atoms with Crippen molar-refractivity contribution in [2.75, 3.05) is 6.61 Å². The Bertz CT molecular complexity index is 245. The van der Waals surface area contributed by atoms with Crippen LogP contribution in [0.1, 0.15) is 45.4 Å². The molecule has 0 saturated heterocycles. The van der Waals surface area contributed by atoms with Crippen molar-refractivity contribution >= 4 is 11.9 Å². The van der Waals surface area contributed by atoms with Crippen LogP contribution in [0.2, 0.25) is 0 Å². The molecule has 4 heteroatoms. The smallest absolute Gasteiger partial charge is 0.307 e. The lowest BCUT2D eigenvalue weighted by atomic mass is 9.99. The van der Waals surface area contributed by atoms with E-state index in [0.29, 0.717) is 18.9 Å². The first kappa shape index (κ1) is 13.0. The lowest BCUT2D eigenvalue weighted by molar-refractivity contribution is -0.152. The SMILES string of the molecule is CCCCOC(=O)CC(CC1CC1)C(=O)O. The van der Waals surface area contributed by atoms with E-state index >= 15 is 0 Å². The summed E-state index contributed by atoms with van der Waals surface area (Å²) in [6, 6.07) is 0. The maximum absolute atomic E-state index is 11.3. The Balaban J connectivity index is 2.23. The summed E-state index contributed by atoms with van der Waals surface area (Å²) in [7, 11) is 0. The second kappa shape index (κ2) is 6.51. The van der Waals surface area contributed by atoms with Gasteiger partial charge >= 0.3 is 11.9 Å². The fourth-order valence-corrected chi connectivity index (χ4v) is 1.62. The van der Waals surface area contributed by atoms with Crippen LogP contribution in [0.25, 0.3) is 0 Å². The second-order valence-electron chi connectivity index (χ2n) is 4.49. The van der Waals surface area contributed by atoms with Gasteiger partial charge in [0.05, 0.1) is 18.9 Å². The minimum Gasteiger partial charge on any atom is -0.481 e. The summed E-state index contributed by atoms with van der Waals surface area (Å²) in [6.07, 6.45) is 4.67. The first-order valence-electron chi connectivity index (χ1n) is 6.02. The molecule has 0 spiro atoms. The lowest BCUT2D eigenvalue weighted by Crippen LogP contribution is -2.20. The number of hydrogen-bond acceptors (Lipinski definition) is 3. The van der Waals surface area contributed by atoms with Gasteiger partial charge in [0.15, 0.2) is 0 Å². The minimum absolute atomic E-state index is 0.0234. The first-order valence-corrected chi connectivity index (χ1v) is 6.02. The molecule has 1 N–H and O–H groups in total. The highest BCUT2D eigenvalue weighted by Crippen LogP contribution is 2.36. The Hall–Kier alpha value is -1.06. The molecule has 0 aromatic rings. The standard InChI is InChI=1S/C12H20O4/c1-2-3-6-16-11(13)8-10(12(14)15)7-9-4-5-9/h9-10H,2-8H2,1H3,(H,14,15). The van der Waals surface area contributed by atoms with Crippen LogP contribution in [0.5, 0.6) is 0 Å². The fourth-order valence-electron chi connectivity index (χ4n) is 1.62. The third-order valence-electron chi connectivity index (χ3n) is 2.84. The molecule has 0 aromatic carbocycles. The van der Waals surface area contributed by atoms with Crippen molar-refractivity contribution in [3.8, 4) is 0 Å². The Morgan fingerprint density at radius 3 is 2.62 bits per heavy atom. The second-order valence-corrected chi connectivity index (χ2v) is 4.49. The van der Waals surface area contributed by atoms with E-state index < -0.39 is 11.9 Å². The maximum Gasteiger partial charge on any atom is 0.307 e. The van der Waals surface area contributed by atoms with Crippen molar-refractivity contribution in [1.82, 2.24) is 0 Å². The van der Waals surface area contributed by atoms with Gasteiger partial charge in [0, 0.05) is 0 Å².